The average molecular weight is 302 g/mol. The van der Waals surface area contributed by atoms with Crippen molar-refractivity contribution in [1.29, 1.82) is 0 Å². The van der Waals surface area contributed by atoms with Crippen molar-refractivity contribution in [2.75, 3.05) is 11.9 Å². The molecule has 0 atom stereocenters. The van der Waals surface area contributed by atoms with Gasteiger partial charge in [-0.05, 0) is 30.5 Å². The summed E-state index contributed by atoms with van der Waals surface area (Å²) in [4.78, 5) is 11.9. The molecule has 5 heteroatoms. The molecule has 2 aromatic rings. The second-order valence-corrected chi connectivity index (χ2v) is 5.58. The van der Waals surface area contributed by atoms with E-state index in [1.54, 1.807) is 0 Å². The van der Waals surface area contributed by atoms with Crippen molar-refractivity contribution in [2.24, 2.45) is 0 Å². The lowest BCUT2D eigenvalue weighted by molar-refractivity contribution is 0.251. The summed E-state index contributed by atoms with van der Waals surface area (Å²) in [5.74, 6) is -1.92. The molecule has 0 radical (unpaired) electrons. The van der Waals surface area contributed by atoms with Crippen molar-refractivity contribution in [3.8, 4) is 0 Å². The van der Waals surface area contributed by atoms with Crippen LogP contribution in [0.5, 0.6) is 0 Å². The van der Waals surface area contributed by atoms with E-state index < -0.39 is 17.7 Å². The fourth-order valence-electron chi connectivity index (χ4n) is 2.51. The van der Waals surface area contributed by atoms with Crippen molar-refractivity contribution in [3.63, 3.8) is 0 Å². The Bertz CT molecular complexity index is 684. The van der Waals surface area contributed by atoms with Gasteiger partial charge in [-0.25, -0.2) is 13.6 Å². The van der Waals surface area contributed by atoms with Crippen molar-refractivity contribution in [3.05, 3.63) is 65.7 Å². The molecule has 0 bridgehead atoms. The average Bonchev–Trinajstić information content (AvgIpc) is 3.31. The molecular formula is C17H16F2N2O. The SMILES string of the molecule is O=C(NCC1(c2ccccc2)CC1)Nc1ccc(F)c(F)c1. The second-order valence-electron chi connectivity index (χ2n) is 5.58. The largest absolute Gasteiger partial charge is 0.337 e. The first kappa shape index (κ1) is 14.5. The Hall–Kier alpha value is -2.43. The summed E-state index contributed by atoms with van der Waals surface area (Å²) in [6.07, 6.45) is 2.06. The van der Waals surface area contributed by atoms with Crippen LogP contribution >= 0.6 is 0 Å². The number of amides is 2. The molecule has 0 unspecified atom stereocenters. The normalized spacial score (nSPS) is 15.2. The molecule has 0 saturated heterocycles. The topological polar surface area (TPSA) is 41.1 Å². The highest BCUT2D eigenvalue weighted by Gasteiger charge is 2.44. The van der Waals surface area contributed by atoms with E-state index in [9.17, 15) is 13.6 Å². The van der Waals surface area contributed by atoms with E-state index in [4.69, 9.17) is 0 Å². The number of carbonyl (C=O) groups is 1. The highest BCUT2D eigenvalue weighted by Crippen LogP contribution is 2.47. The van der Waals surface area contributed by atoms with Gasteiger partial charge in [0.25, 0.3) is 0 Å². The monoisotopic (exact) mass is 302 g/mol. The van der Waals surface area contributed by atoms with Crippen molar-refractivity contribution in [2.45, 2.75) is 18.3 Å². The van der Waals surface area contributed by atoms with Gasteiger partial charge in [-0.3, -0.25) is 0 Å². The van der Waals surface area contributed by atoms with Gasteiger partial charge >= 0.3 is 6.03 Å². The minimum atomic E-state index is -0.985. The quantitative estimate of drug-likeness (QED) is 0.885. The van der Waals surface area contributed by atoms with E-state index in [0.717, 1.165) is 25.0 Å². The van der Waals surface area contributed by atoms with Gasteiger partial charge in [-0.1, -0.05) is 30.3 Å². The van der Waals surface area contributed by atoms with Crippen LogP contribution in [0.15, 0.2) is 48.5 Å². The van der Waals surface area contributed by atoms with E-state index in [1.165, 1.54) is 11.6 Å². The van der Waals surface area contributed by atoms with Crippen LogP contribution in [0.2, 0.25) is 0 Å². The van der Waals surface area contributed by atoms with Gasteiger partial charge in [-0.2, -0.15) is 0 Å². The Labute approximate surface area is 127 Å². The standard InChI is InChI=1S/C17H16F2N2O/c18-14-7-6-13(10-15(14)19)21-16(22)20-11-17(8-9-17)12-4-2-1-3-5-12/h1-7,10H,8-9,11H2,(H2,20,21,22). The maximum atomic E-state index is 13.1. The molecule has 0 spiro atoms. The predicted octanol–water partition coefficient (Wildman–Crippen LogP) is 3.82. The van der Waals surface area contributed by atoms with E-state index in [-0.39, 0.29) is 11.1 Å². The molecule has 2 amide bonds. The number of benzene rings is 2. The molecule has 2 aromatic carbocycles. The first-order chi connectivity index (χ1) is 10.6. The van der Waals surface area contributed by atoms with E-state index in [0.29, 0.717) is 6.54 Å². The molecule has 2 N–H and O–H groups in total. The second kappa shape index (κ2) is 5.75. The maximum absolute atomic E-state index is 13.1. The van der Waals surface area contributed by atoms with Crippen LogP contribution in [-0.2, 0) is 5.41 Å². The summed E-state index contributed by atoms with van der Waals surface area (Å²) in [5.41, 5.74) is 1.44. The van der Waals surface area contributed by atoms with E-state index in [2.05, 4.69) is 22.8 Å². The van der Waals surface area contributed by atoms with Crippen molar-refractivity contribution >= 4 is 11.7 Å². The lowest BCUT2D eigenvalue weighted by Crippen LogP contribution is -2.35. The van der Waals surface area contributed by atoms with E-state index >= 15 is 0 Å². The molecule has 0 heterocycles. The van der Waals surface area contributed by atoms with Gasteiger partial charge in [-0.15, -0.1) is 0 Å². The van der Waals surface area contributed by atoms with Crippen LogP contribution in [-0.4, -0.2) is 12.6 Å². The third-order valence-corrected chi connectivity index (χ3v) is 4.00. The first-order valence-electron chi connectivity index (χ1n) is 7.15. The minimum Gasteiger partial charge on any atom is -0.337 e. The Morgan fingerprint density at radius 3 is 2.41 bits per heavy atom. The molecule has 22 heavy (non-hydrogen) atoms. The number of anilines is 1. The lowest BCUT2D eigenvalue weighted by atomic mass is 9.96. The molecule has 0 aliphatic heterocycles. The molecule has 114 valence electrons. The van der Waals surface area contributed by atoms with Crippen LogP contribution in [0.3, 0.4) is 0 Å². The molecular weight excluding hydrogens is 286 g/mol. The zero-order valence-corrected chi connectivity index (χ0v) is 11.9. The maximum Gasteiger partial charge on any atom is 0.319 e. The summed E-state index contributed by atoms with van der Waals surface area (Å²) >= 11 is 0. The number of carbonyl (C=O) groups excluding carboxylic acids is 1. The number of nitrogens with one attached hydrogen (secondary N) is 2. The minimum absolute atomic E-state index is 0.00659. The highest BCUT2D eigenvalue weighted by atomic mass is 19.2. The Kier molecular flexibility index (Phi) is 3.79. The Morgan fingerprint density at radius 2 is 1.77 bits per heavy atom. The molecule has 1 fully saturated rings. The summed E-state index contributed by atoms with van der Waals surface area (Å²) < 4.78 is 25.9. The van der Waals surface area contributed by atoms with Crippen molar-refractivity contribution < 1.29 is 13.6 Å². The molecule has 3 nitrogen and oxygen atoms in total. The van der Waals surface area contributed by atoms with Gasteiger partial charge in [0.05, 0.1) is 0 Å². The summed E-state index contributed by atoms with van der Waals surface area (Å²) in [5, 5.41) is 5.31. The van der Waals surface area contributed by atoms with Crippen LogP contribution in [0.4, 0.5) is 19.3 Å². The summed E-state index contributed by atoms with van der Waals surface area (Å²) in [6, 6.07) is 12.9. The van der Waals surface area contributed by atoms with Crippen molar-refractivity contribution in [1.82, 2.24) is 5.32 Å². The summed E-state index contributed by atoms with van der Waals surface area (Å²) in [7, 11) is 0. The Balaban J connectivity index is 1.58. The van der Waals surface area contributed by atoms with Crippen LogP contribution in [0.1, 0.15) is 18.4 Å². The van der Waals surface area contributed by atoms with Gasteiger partial charge in [0, 0.05) is 23.7 Å². The Morgan fingerprint density at radius 1 is 1.05 bits per heavy atom. The fraction of sp³-hybridized carbons (Fsp3) is 0.235. The van der Waals surface area contributed by atoms with Gasteiger partial charge < -0.3 is 10.6 Å². The van der Waals surface area contributed by atoms with Crippen LogP contribution in [0.25, 0.3) is 0 Å². The smallest absolute Gasteiger partial charge is 0.319 e. The lowest BCUT2D eigenvalue weighted by Gasteiger charge is -2.17. The zero-order chi connectivity index (χ0) is 15.6. The molecule has 1 aliphatic rings. The number of rotatable bonds is 4. The highest BCUT2D eigenvalue weighted by molar-refractivity contribution is 5.89. The van der Waals surface area contributed by atoms with Crippen LogP contribution < -0.4 is 10.6 Å². The van der Waals surface area contributed by atoms with Gasteiger partial charge in [0.15, 0.2) is 11.6 Å². The third-order valence-electron chi connectivity index (χ3n) is 4.00. The molecule has 1 saturated carbocycles. The van der Waals surface area contributed by atoms with E-state index in [1.807, 2.05) is 18.2 Å². The first-order valence-corrected chi connectivity index (χ1v) is 7.15. The number of hydrogen-bond acceptors (Lipinski definition) is 1. The molecule has 1 aliphatic carbocycles. The van der Waals surface area contributed by atoms with Crippen LogP contribution in [0, 0.1) is 11.6 Å². The third kappa shape index (κ3) is 3.08. The predicted molar refractivity (Wildman–Crippen MR) is 80.7 cm³/mol. The van der Waals surface area contributed by atoms with Gasteiger partial charge in [0.1, 0.15) is 0 Å². The number of urea groups is 1. The fourth-order valence-corrected chi connectivity index (χ4v) is 2.51. The van der Waals surface area contributed by atoms with Gasteiger partial charge in [0.2, 0.25) is 0 Å². The molecule has 3 rings (SSSR count). The molecule has 0 aromatic heterocycles. The summed E-state index contributed by atoms with van der Waals surface area (Å²) in [6.45, 7) is 0.520. The number of halogens is 2. The zero-order valence-electron chi connectivity index (χ0n) is 11.9. The number of hydrogen-bond donors (Lipinski definition) is 2.